The summed E-state index contributed by atoms with van der Waals surface area (Å²) < 4.78 is 1.86. The molecule has 0 radical (unpaired) electrons. The molecule has 1 aliphatic carbocycles. The minimum absolute atomic E-state index is 0.0547. The Hall–Kier alpha value is -2.93. The van der Waals surface area contributed by atoms with Crippen LogP contribution in [0.1, 0.15) is 39.2 Å². The average molecular weight is 395 g/mol. The summed E-state index contributed by atoms with van der Waals surface area (Å²) in [6.07, 6.45) is 5.63. The Morgan fingerprint density at radius 2 is 2.00 bits per heavy atom. The van der Waals surface area contributed by atoms with Crippen LogP contribution in [-0.2, 0) is 17.9 Å². The first-order valence-electron chi connectivity index (χ1n) is 9.33. The lowest BCUT2D eigenvalue weighted by molar-refractivity contribution is -0.117. The van der Waals surface area contributed by atoms with E-state index in [-0.39, 0.29) is 17.7 Å². The first-order valence-corrected chi connectivity index (χ1v) is 10.1. The zero-order valence-corrected chi connectivity index (χ0v) is 16.5. The normalized spacial score (nSPS) is 13.3. The van der Waals surface area contributed by atoms with Gasteiger partial charge >= 0.3 is 0 Å². The Labute approximate surface area is 167 Å². The van der Waals surface area contributed by atoms with Crippen molar-refractivity contribution in [3.05, 3.63) is 70.4 Å². The Bertz CT molecular complexity index is 989. The molecule has 3 aromatic rings. The molecule has 1 aliphatic rings. The summed E-state index contributed by atoms with van der Waals surface area (Å²) in [6, 6.07) is 12.0. The first kappa shape index (κ1) is 18.4. The van der Waals surface area contributed by atoms with Crippen LogP contribution in [0.15, 0.2) is 48.8 Å². The van der Waals surface area contributed by atoms with E-state index in [1.165, 1.54) is 16.9 Å². The van der Waals surface area contributed by atoms with Gasteiger partial charge in [0.25, 0.3) is 5.91 Å². The zero-order valence-electron chi connectivity index (χ0n) is 15.6. The van der Waals surface area contributed by atoms with Gasteiger partial charge in [-0.05, 0) is 37.0 Å². The summed E-state index contributed by atoms with van der Waals surface area (Å²) >= 11 is 1.32. The molecule has 1 aromatic carbocycles. The fourth-order valence-corrected chi connectivity index (χ4v) is 3.95. The number of carbonyl (C=O) groups excluding carboxylic acids is 2. The van der Waals surface area contributed by atoms with Crippen molar-refractivity contribution < 1.29 is 9.59 Å². The predicted octanol–water partition coefficient (Wildman–Crippen LogP) is 3.58. The molecule has 2 N–H and O–H groups in total. The lowest BCUT2D eigenvalue weighted by Crippen LogP contribution is -2.22. The molecule has 0 bridgehead atoms. The molecule has 2 heterocycles. The van der Waals surface area contributed by atoms with Crippen LogP contribution in [0.2, 0.25) is 0 Å². The number of hydrogen-bond donors (Lipinski definition) is 2. The third kappa shape index (κ3) is 4.48. The maximum atomic E-state index is 12.5. The van der Waals surface area contributed by atoms with Crippen molar-refractivity contribution in [3.8, 4) is 0 Å². The lowest BCUT2D eigenvalue weighted by Gasteiger charge is -2.03. The maximum Gasteiger partial charge on any atom is 0.261 e. The largest absolute Gasteiger partial charge is 0.347 e. The molecule has 4 rings (SSSR count). The number of nitrogens with one attached hydrogen (secondary N) is 2. The highest BCUT2D eigenvalue weighted by Gasteiger charge is 2.30. The molecule has 0 aliphatic heterocycles. The van der Waals surface area contributed by atoms with Crippen LogP contribution in [-0.4, -0.2) is 21.6 Å². The van der Waals surface area contributed by atoms with E-state index in [9.17, 15) is 9.59 Å². The van der Waals surface area contributed by atoms with E-state index in [2.05, 4.69) is 27.9 Å². The van der Waals surface area contributed by atoms with Crippen molar-refractivity contribution >= 4 is 28.2 Å². The Morgan fingerprint density at radius 1 is 1.21 bits per heavy atom. The number of benzene rings is 1. The van der Waals surface area contributed by atoms with E-state index in [0.717, 1.165) is 29.0 Å². The van der Waals surface area contributed by atoms with E-state index in [0.29, 0.717) is 18.0 Å². The Balaban J connectivity index is 1.33. The van der Waals surface area contributed by atoms with Crippen molar-refractivity contribution in [2.75, 3.05) is 5.32 Å². The highest BCUT2D eigenvalue weighted by atomic mass is 32.1. The van der Waals surface area contributed by atoms with Crippen LogP contribution in [0.25, 0.3) is 0 Å². The van der Waals surface area contributed by atoms with Crippen LogP contribution < -0.4 is 10.6 Å². The Kier molecular flexibility index (Phi) is 5.25. The van der Waals surface area contributed by atoms with Gasteiger partial charge in [0.15, 0.2) is 0 Å². The molecule has 1 saturated carbocycles. The van der Waals surface area contributed by atoms with Crippen molar-refractivity contribution in [2.24, 2.45) is 5.92 Å². The second kappa shape index (κ2) is 7.98. The van der Waals surface area contributed by atoms with Crippen LogP contribution in [0.3, 0.4) is 0 Å². The van der Waals surface area contributed by atoms with Crippen molar-refractivity contribution in [2.45, 2.75) is 32.9 Å². The van der Waals surface area contributed by atoms with Crippen molar-refractivity contribution in [1.82, 2.24) is 15.1 Å². The molecule has 144 valence electrons. The lowest BCUT2D eigenvalue weighted by atomic mass is 10.2. The second-order valence-corrected chi connectivity index (χ2v) is 8.15. The molecule has 0 saturated heterocycles. The molecule has 2 aromatic heterocycles. The predicted molar refractivity (Wildman–Crippen MR) is 109 cm³/mol. The van der Waals surface area contributed by atoms with Gasteiger partial charge in [0.1, 0.15) is 0 Å². The number of anilines is 1. The third-order valence-electron chi connectivity index (χ3n) is 4.65. The molecule has 6 nitrogen and oxygen atoms in total. The van der Waals surface area contributed by atoms with Crippen molar-refractivity contribution in [3.63, 3.8) is 0 Å². The topological polar surface area (TPSA) is 76.0 Å². The first-order chi connectivity index (χ1) is 13.6. The summed E-state index contributed by atoms with van der Waals surface area (Å²) in [5.41, 5.74) is 2.99. The number of rotatable bonds is 7. The van der Waals surface area contributed by atoms with E-state index in [1.54, 1.807) is 6.20 Å². The number of hydrogen-bond acceptors (Lipinski definition) is 4. The molecule has 0 unspecified atom stereocenters. The minimum atomic E-state index is -0.134. The molecule has 7 heteroatoms. The van der Waals surface area contributed by atoms with Crippen molar-refractivity contribution in [1.29, 1.82) is 0 Å². The van der Waals surface area contributed by atoms with Crippen LogP contribution >= 0.6 is 11.3 Å². The number of aromatic nitrogens is 2. The smallest absolute Gasteiger partial charge is 0.261 e. The number of thiophene rings is 1. The molecule has 0 spiro atoms. The second-order valence-electron chi connectivity index (χ2n) is 7.10. The van der Waals surface area contributed by atoms with E-state index in [4.69, 9.17) is 0 Å². The monoisotopic (exact) mass is 394 g/mol. The van der Waals surface area contributed by atoms with Gasteiger partial charge in [-0.2, -0.15) is 5.10 Å². The molecule has 2 amide bonds. The summed E-state index contributed by atoms with van der Waals surface area (Å²) in [5, 5.41) is 10.9. The quantitative estimate of drug-likeness (QED) is 0.643. The standard InChI is InChI=1S/C21H22N4O2S/c1-14-9-18(24-20(26)17-7-8-17)28-19(14)21(27)22-10-16-11-23-25(13-16)12-15-5-3-2-4-6-15/h2-6,9,11,13,17H,7-8,10,12H2,1H3,(H,22,27)(H,24,26). The van der Waals surface area contributed by atoms with Gasteiger partial charge in [-0.25, -0.2) is 0 Å². The van der Waals surface area contributed by atoms with Gasteiger partial charge in [0, 0.05) is 24.2 Å². The van der Waals surface area contributed by atoms with E-state index in [1.807, 2.05) is 42.1 Å². The van der Waals surface area contributed by atoms with E-state index >= 15 is 0 Å². The highest BCUT2D eigenvalue weighted by Crippen LogP contribution is 2.32. The van der Waals surface area contributed by atoms with Gasteiger partial charge in [0.05, 0.1) is 22.6 Å². The minimum Gasteiger partial charge on any atom is -0.347 e. The average Bonchev–Trinajstić information content (AvgIpc) is 3.35. The van der Waals surface area contributed by atoms with Gasteiger partial charge < -0.3 is 10.6 Å². The number of amides is 2. The maximum absolute atomic E-state index is 12.5. The molecular formula is C21H22N4O2S. The summed E-state index contributed by atoms with van der Waals surface area (Å²) in [4.78, 5) is 25.1. The summed E-state index contributed by atoms with van der Waals surface area (Å²) in [7, 11) is 0. The fourth-order valence-electron chi connectivity index (χ4n) is 2.96. The number of aryl methyl sites for hydroxylation is 1. The zero-order chi connectivity index (χ0) is 19.5. The summed E-state index contributed by atoms with van der Waals surface area (Å²) in [5.74, 6) is 0.0661. The highest BCUT2D eigenvalue weighted by molar-refractivity contribution is 7.18. The van der Waals surface area contributed by atoms with Gasteiger partial charge in [-0.1, -0.05) is 30.3 Å². The molecule has 28 heavy (non-hydrogen) atoms. The molecule has 0 atom stereocenters. The Morgan fingerprint density at radius 3 is 2.75 bits per heavy atom. The van der Waals surface area contributed by atoms with Gasteiger partial charge in [-0.3, -0.25) is 14.3 Å². The van der Waals surface area contributed by atoms with E-state index < -0.39 is 0 Å². The summed E-state index contributed by atoms with van der Waals surface area (Å²) in [6.45, 7) is 2.99. The van der Waals surface area contributed by atoms with Crippen LogP contribution in [0.5, 0.6) is 0 Å². The SMILES string of the molecule is Cc1cc(NC(=O)C2CC2)sc1C(=O)NCc1cnn(Cc2ccccc2)c1. The van der Waals surface area contributed by atoms with Gasteiger partial charge in [0.2, 0.25) is 5.91 Å². The number of carbonyl (C=O) groups is 2. The van der Waals surface area contributed by atoms with Crippen LogP contribution in [0, 0.1) is 12.8 Å². The molecule has 1 fully saturated rings. The van der Waals surface area contributed by atoms with Gasteiger partial charge in [-0.15, -0.1) is 11.3 Å². The third-order valence-corrected chi connectivity index (χ3v) is 5.80. The van der Waals surface area contributed by atoms with Crippen LogP contribution in [0.4, 0.5) is 5.00 Å². The fraction of sp³-hybridized carbons (Fsp3) is 0.286. The molecular weight excluding hydrogens is 372 g/mol. The number of nitrogens with zero attached hydrogens (tertiary/aromatic N) is 2.